The van der Waals surface area contributed by atoms with Crippen LogP contribution in [0.15, 0.2) is 24.1 Å². The molecule has 9 heteroatoms. The van der Waals surface area contributed by atoms with Gasteiger partial charge in [0.05, 0.1) is 5.56 Å². The molecule has 138 valence electrons. The number of anilines is 1. The maximum Gasteiger partial charge on any atom is 0.255 e. The van der Waals surface area contributed by atoms with Gasteiger partial charge in [0.2, 0.25) is 0 Å². The lowest BCUT2D eigenvalue weighted by Gasteiger charge is -2.34. The van der Waals surface area contributed by atoms with Gasteiger partial charge >= 0.3 is 0 Å². The summed E-state index contributed by atoms with van der Waals surface area (Å²) in [5.41, 5.74) is -0.164. The number of allylic oxidation sites excluding steroid dienone is 4. The highest BCUT2D eigenvalue weighted by atomic mass is 35.5. The van der Waals surface area contributed by atoms with Gasteiger partial charge in [0.25, 0.3) is 5.78 Å². The van der Waals surface area contributed by atoms with Crippen LogP contribution >= 0.6 is 11.6 Å². The van der Waals surface area contributed by atoms with Crippen molar-refractivity contribution in [3.63, 3.8) is 0 Å². The van der Waals surface area contributed by atoms with Crippen LogP contribution < -0.4 is 4.90 Å². The van der Waals surface area contributed by atoms with Crippen molar-refractivity contribution < 1.29 is 13.2 Å². The quantitative estimate of drug-likeness (QED) is 0.726. The Bertz CT molecular complexity index is 915. The van der Waals surface area contributed by atoms with Crippen molar-refractivity contribution >= 4 is 28.8 Å². The Morgan fingerprint density at radius 1 is 1.23 bits per heavy atom. The molecule has 0 spiro atoms. The predicted octanol–water partition coefficient (Wildman–Crippen LogP) is 4.29. The van der Waals surface area contributed by atoms with Gasteiger partial charge in [-0.1, -0.05) is 18.5 Å². The van der Waals surface area contributed by atoms with E-state index in [9.17, 15) is 13.2 Å². The minimum absolute atomic E-state index is 0.0670. The SMILES string of the molecule is CC1CCN(c2c(C3=C(F)C=C(F)CC3F)c(Cl)nc3ncnn23)CC1. The standard InChI is InChI=1S/C17H17ClF3N5/c1-9-2-4-25(5-3-9)16-14(13-11(20)6-10(19)7-12(13)21)15(18)24-17-22-8-23-26(16)17/h6,8-9,12H,2-5,7H2,1H3. The van der Waals surface area contributed by atoms with E-state index >= 15 is 0 Å². The Morgan fingerprint density at radius 3 is 2.65 bits per heavy atom. The van der Waals surface area contributed by atoms with Crippen LogP contribution in [0.3, 0.4) is 0 Å². The first kappa shape index (κ1) is 17.3. The predicted molar refractivity (Wildman–Crippen MR) is 93.1 cm³/mol. The van der Waals surface area contributed by atoms with E-state index in [-0.39, 0.29) is 22.1 Å². The molecule has 3 heterocycles. The number of hydrogen-bond acceptors (Lipinski definition) is 4. The van der Waals surface area contributed by atoms with Gasteiger partial charge in [0, 0.05) is 31.2 Å². The fourth-order valence-electron chi connectivity index (χ4n) is 3.52. The molecule has 1 atom stereocenters. The van der Waals surface area contributed by atoms with Crippen LogP contribution in [-0.4, -0.2) is 38.8 Å². The van der Waals surface area contributed by atoms with Gasteiger partial charge in [-0.2, -0.15) is 19.6 Å². The van der Waals surface area contributed by atoms with Gasteiger partial charge in [0.1, 0.15) is 35.1 Å². The van der Waals surface area contributed by atoms with E-state index in [4.69, 9.17) is 11.6 Å². The molecule has 5 nitrogen and oxygen atoms in total. The second-order valence-electron chi connectivity index (χ2n) is 6.77. The van der Waals surface area contributed by atoms with Crippen LogP contribution in [0.1, 0.15) is 31.7 Å². The lowest BCUT2D eigenvalue weighted by Crippen LogP contribution is -2.35. The summed E-state index contributed by atoms with van der Waals surface area (Å²) >= 11 is 6.31. The second kappa shape index (κ2) is 6.57. The third-order valence-electron chi connectivity index (χ3n) is 4.94. The Balaban J connectivity index is 1.96. The van der Waals surface area contributed by atoms with Crippen LogP contribution in [0.4, 0.5) is 19.0 Å². The molecular weight excluding hydrogens is 367 g/mol. The maximum absolute atomic E-state index is 14.6. The molecule has 2 aliphatic rings. The first-order valence-corrected chi connectivity index (χ1v) is 8.88. The van der Waals surface area contributed by atoms with Crippen LogP contribution in [0.25, 0.3) is 11.4 Å². The number of nitrogens with zero attached hydrogens (tertiary/aromatic N) is 5. The molecule has 1 aliphatic heterocycles. The number of alkyl halides is 1. The lowest BCUT2D eigenvalue weighted by atomic mass is 9.94. The molecule has 0 bridgehead atoms. The number of aromatic nitrogens is 4. The number of hydrogen-bond donors (Lipinski definition) is 0. The number of piperidine rings is 1. The summed E-state index contributed by atoms with van der Waals surface area (Å²) in [4.78, 5) is 10.1. The molecule has 2 aromatic heterocycles. The van der Waals surface area contributed by atoms with E-state index in [1.54, 1.807) is 0 Å². The number of halogens is 4. The van der Waals surface area contributed by atoms with E-state index in [0.717, 1.165) is 12.8 Å². The highest BCUT2D eigenvalue weighted by Crippen LogP contribution is 2.42. The van der Waals surface area contributed by atoms with E-state index in [0.29, 0.717) is 30.9 Å². The molecule has 2 aromatic rings. The van der Waals surface area contributed by atoms with Crippen molar-refractivity contribution in [2.75, 3.05) is 18.0 Å². The van der Waals surface area contributed by atoms with Crippen molar-refractivity contribution in [3.05, 3.63) is 34.8 Å². The van der Waals surface area contributed by atoms with Gasteiger partial charge < -0.3 is 4.90 Å². The van der Waals surface area contributed by atoms with Gasteiger partial charge in [-0.15, -0.1) is 0 Å². The van der Waals surface area contributed by atoms with Crippen molar-refractivity contribution in [3.8, 4) is 0 Å². The summed E-state index contributed by atoms with van der Waals surface area (Å²) in [6.45, 7) is 3.55. The molecular formula is C17H17ClF3N5. The highest BCUT2D eigenvalue weighted by Gasteiger charge is 2.33. The summed E-state index contributed by atoms with van der Waals surface area (Å²) < 4.78 is 44.0. The summed E-state index contributed by atoms with van der Waals surface area (Å²) in [7, 11) is 0. The molecule has 0 N–H and O–H groups in total. The van der Waals surface area contributed by atoms with Gasteiger partial charge in [-0.25, -0.2) is 13.2 Å². The highest BCUT2D eigenvalue weighted by molar-refractivity contribution is 6.32. The molecule has 1 saturated heterocycles. The van der Waals surface area contributed by atoms with Crippen molar-refractivity contribution in [2.24, 2.45) is 5.92 Å². The van der Waals surface area contributed by atoms with E-state index in [1.165, 1.54) is 10.8 Å². The largest absolute Gasteiger partial charge is 0.356 e. The summed E-state index contributed by atoms with van der Waals surface area (Å²) in [6.07, 6.45) is 1.52. The Morgan fingerprint density at radius 2 is 1.96 bits per heavy atom. The minimum atomic E-state index is -1.84. The third kappa shape index (κ3) is 2.86. The van der Waals surface area contributed by atoms with Crippen LogP contribution in [0, 0.1) is 5.92 Å². The zero-order valence-corrected chi connectivity index (χ0v) is 14.8. The smallest absolute Gasteiger partial charge is 0.255 e. The van der Waals surface area contributed by atoms with Crippen molar-refractivity contribution in [2.45, 2.75) is 32.4 Å². The molecule has 0 aromatic carbocycles. The third-order valence-corrected chi connectivity index (χ3v) is 5.21. The molecule has 0 saturated carbocycles. The topological polar surface area (TPSA) is 46.3 Å². The van der Waals surface area contributed by atoms with E-state index in [1.807, 2.05) is 4.90 Å². The number of fused-ring (bicyclic) bond motifs is 1. The van der Waals surface area contributed by atoms with Crippen molar-refractivity contribution in [1.29, 1.82) is 0 Å². The van der Waals surface area contributed by atoms with Gasteiger partial charge in [-0.3, -0.25) is 0 Å². The summed E-state index contributed by atoms with van der Waals surface area (Å²) in [5, 5.41) is 4.09. The second-order valence-corrected chi connectivity index (χ2v) is 7.13. The Labute approximate surface area is 153 Å². The van der Waals surface area contributed by atoms with Crippen LogP contribution in [0.2, 0.25) is 5.15 Å². The lowest BCUT2D eigenvalue weighted by molar-refractivity contribution is 0.371. The monoisotopic (exact) mass is 383 g/mol. The average molecular weight is 384 g/mol. The Kier molecular flexibility index (Phi) is 4.38. The molecule has 1 unspecified atom stereocenters. The first-order valence-electron chi connectivity index (χ1n) is 8.50. The van der Waals surface area contributed by atoms with E-state index < -0.39 is 24.2 Å². The zero-order valence-electron chi connectivity index (χ0n) is 14.1. The molecule has 0 amide bonds. The fraction of sp³-hybridized carbons (Fsp3) is 0.471. The van der Waals surface area contributed by atoms with E-state index in [2.05, 4.69) is 22.0 Å². The van der Waals surface area contributed by atoms with Crippen molar-refractivity contribution in [1.82, 2.24) is 19.6 Å². The number of rotatable bonds is 2. The summed E-state index contributed by atoms with van der Waals surface area (Å²) in [6, 6.07) is 0. The minimum Gasteiger partial charge on any atom is -0.356 e. The summed E-state index contributed by atoms with van der Waals surface area (Å²) in [5.74, 6) is -0.543. The first-order chi connectivity index (χ1) is 12.5. The van der Waals surface area contributed by atoms with Gasteiger partial charge in [-0.05, 0) is 18.8 Å². The normalized spacial score (nSPS) is 22.3. The molecule has 4 rings (SSSR count). The Hall–Kier alpha value is -2.09. The van der Waals surface area contributed by atoms with Crippen LogP contribution in [-0.2, 0) is 0 Å². The molecule has 1 fully saturated rings. The molecule has 26 heavy (non-hydrogen) atoms. The van der Waals surface area contributed by atoms with Gasteiger partial charge in [0.15, 0.2) is 0 Å². The maximum atomic E-state index is 14.6. The fourth-order valence-corrected chi connectivity index (χ4v) is 3.78. The molecule has 0 radical (unpaired) electrons. The molecule has 1 aliphatic carbocycles. The average Bonchev–Trinajstić information content (AvgIpc) is 3.03. The zero-order chi connectivity index (χ0) is 18.4. The van der Waals surface area contributed by atoms with Crippen LogP contribution in [0.5, 0.6) is 0 Å².